The van der Waals surface area contributed by atoms with Crippen LogP contribution in [-0.4, -0.2) is 5.78 Å². The molecule has 0 saturated heterocycles. The molecule has 0 spiro atoms. The van der Waals surface area contributed by atoms with Crippen molar-refractivity contribution in [3.63, 3.8) is 0 Å². The molecule has 0 N–H and O–H groups in total. The van der Waals surface area contributed by atoms with Gasteiger partial charge in [0.1, 0.15) is 11.5 Å². The first-order chi connectivity index (χ1) is 9.78. The van der Waals surface area contributed by atoms with Gasteiger partial charge in [-0.2, -0.15) is 0 Å². The van der Waals surface area contributed by atoms with Gasteiger partial charge in [0.2, 0.25) is 0 Å². The standard InChI is InChI=1S/C18H18O2/c1-2-17(19)16-8-3-4-9-18(16)20-15-11-10-13-6-5-7-14(13)12-15/h3-4,8-12H,2,5-7H2,1H3. The summed E-state index contributed by atoms with van der Waals surface area (Å²) in [5.74, 6) is 1.58. The lowest BCUT2D eigenvalue weighted by Crippen LogP contribution is -2.00. The molecule has 1 aliphatic carbocycles. The smallest absolute Gasteiger partial charge is 0.166 e. The number of carbonyl (C=O) groups is 1. The van der Waals surface area contributed by atoms with Gasteiger partial charge in [0.25, 0.3) is 0 Å². The number of benzene rings is 2. The van der Waals surface area contributed by atoms with Gasteiger partial charge in [-0.05, 0) is 54.7 Å². The normalized spacial score (nSPS) is 13.1. The molecule has 2 aromatic carbocycles. The summed E-state index contributed by atoms with van der Waals surface area (Å²) in [6.07, 6.45) is 4.01. The van der Waals surface area contributed by atoms with Crippen LogP contribution in [0.1, 0.15) is 41.3 Å². The molecule has 0 bridgehead atoms. The number of aryl methyl sites for hydroxylation is 2. The van der Waals surface area contributed by atoms with Gasteiger partial charge in [-0.15, -0.1) is 0 Å². The van der Waals surface area contributed by atoms with Gasteiger partial charge in [-0.3, -0.25) is 4.79 Å². The van der Waals surface area contributed by atoms with Crippen LogP contribution in [0.25, 0.3) is 0 Å². The van der Waals surface area contributed by atoms with E-state index in [1.54, 1.807) is 0 Å². The fourth-order valence-corrected chi connectivity index (χ4v) is 2.72. The molecule has 3 rings (SSSR count). The van der Waals surface area contributed by atoms with Crippen molar-refractivity contribution >= 4 is 5.78 Å². The van der Waals surface area contributed by atoms with Crippen LogP contribution in [0.5, 0.6) is 11.5 Å². The van der Waals surface area contributed by atoms with E-state index in [4.69, 9.17) is 4.74 Å². The van der Waals surface area contributed by atoms with Crippen molar-refractivity contribution < 1.29 is 9.53 Å². The summed E-state index contributed by atoms with van der Waals surface area (Å²) in [4.78, 5) is 11.9. The van der Waals surface area contributed by atoms with Crippen molar-refractivity contribution in [2.24, 2.45) is 0 Å². The minimum atomic E-state index is 0.113. The molecule has 0 radical (unpaired) electrons. The number of hydrogen-bond acceptors (Lipinski definition) is 2. The van der Waals surface area contributed by atoms with E-state index in [2.05, 4.69) is 12.1 Å². The summed E-state index contributed by atoms with van der Waals surface area (Å²) < 4.78 is 5.94. The van der Waals surface area contributed by atoms with Gasteiger partial charge in [-0.1, -0.05) is 25.1 Å². The Balaban J connectivity index is 1.90. The Labute approximate surface area is 119 Å². The molecular weight excluding hydrogens is 248 g/mol. The summed E-state index contributed by atoms with van der Waals surface area (Å²) in [7, 11) is 0. The Morgan fingerprint density at radius 2 is 1.90 bits per heavy atom. The van der Waals surface area contributed by atoms with Crippen LogP contribution in [0, 0.1) is 0 Å². The first-order valence-corrected chi connectivity index (χ1v) is 7.20. The second-order valence-electron chi connectivity index (χ2n) is 5.16. The molecule has 2 heteroatoms. The average molecular weight is 266 g/mol. The van der Waals surface area contributed by atoms with Crippen LogP contribution in [0.3, 0.4) is 0 Å². The first kappa shape index (κ1) is 12.9. The molecule has 2 nitrogen and oxygen atoms in total. The summed E-state index contributed by atoms with van der Waals surface area (Å²) in [6.45, 7) is 1.87. The van der Waals surface area contributed by atoms with E-state index in [9.17, 15) is 4.79 Å². The van der Waals surface area contributed by atoms with E-state index in [-0.39, 0.29) is 5.78 Å². The van der Waals surface area contributed by atoms with Gasteiger partial charge in [0.15, 0.2) is 5.78 Å². The molecule has 0 amide bonds. The van der Waals surface area contributed by atoms with E-state index in [1.165, 1.54) is 24.0 Å². The number of hydrogen-bond donors (Lipinski definition) is 0. The number of para-hydroxylation sites is 1. The van der Waals surface area contributed by atoms with Crippen LogP contribution in [-0.2, 0) is 12.8 Å². The predicted octanol–water partition coefficient (Wildman–Crippen LogP) is 4.56. The maximum atomic E-state index is 11.9. The lowest BCUT2D eigenvalue weighted by Gasteiger charge is -2.11. The molecular formula is C18H18O2. The van der Waals surface area contributed by atoms with Crippen molar-refractivity contribution in [2.45, 2.75) is 32.6 Å². The highest BCUT2D eigenvalue weighted by Gasteiger charge is 2.14. The van der Waals surface area contributed by atoms with Crippen molar-refractivity contribution in [3.05, 3.63) is 59.2 Å². The number of ketones is 1. The maximum Gasteiger partial charge on any atom is 0.166 e. The summed E-state index contributed by atoms with van der Waals surface area (Å²) in [5.41, 5.74) is 3.47. The van der Waals surface area contributed by atoms with Crippen LogP contribution in [0.15, 0.2) is 42.5 Å². The van der Waals surface area contributed by atoms with E-state index in [0.717, 1.165) is 12.2 Å². The largest absolute Gasteiger partial charge is 0.457 e. The summed E-state index contributed by atoms with van der Waals surface area (Å²) in [6, 6.07) is 13.7. The molecule has 0 unspecified atom stereocenters. The Hall–Kier alpha value is -2.09. The fraction of sp³-hybridized carbons (Fsp3) is 0.278. The zero-order valence-corrected chi connectivity index (χ0v) is 11.7. The average Bonchev–Trinajstić information content (AvgIpc) is 2.94. The third-order valence-electron chi connectivity index (χ3n) is 3.81. The zero-order valence-electron chi connectivity index (χ0n) is 11.7. The molecule has 0 fully saturated rings. The molecule has 0 atom stereocenters. The van der Waals surface area contributed by atoms with Crippen LogP contribution in [0.2, 0.25) is 0 Å². The lowest BCUT2D eigenvalue weighted by atomic mass is 10.1. The van der Waals surface area contributed by atoms with Crippen LogP contribution in [0.4, 0.5) is 0 Å². The third-order valence-corrected chi connectivity index (χ3v) is 3.81. The van der Waals surface area contributed by atoms with Crippen molar-refractivity contribution in [1.29, 1.82) is 0 Å². The van der Waals surface area contributed by atoms with Gasteiger partial charge >= 0.3 is 0 Å². The summed E-state index contributed by atoms with van der Waals surface area (Å²) in [5, 5.41) is 0. The van der Waals surface area contributed by atoms with Crippen molar-refractivity contribution in [1.82, 2.24) is 0 Å². The topological polar surface area (TPSA) is 26.3 Å². The maximum absolute atomic E-state index is 11.9. The second kappa shape index (κ2) is 5.49. The van der Waals surface area contributed by atoms with E-state index in [0.29, 0.717) is 17.7 Å². The SMILES string of the molecule is CCC(=O)c1ccccc1Oc1ccc2c(c1)CCC2. The van der Waals surface area contributed by atoms with Crippen molar-refractivity contribution in [2.75, 3.05) is 0 Å². The molecule has 0 aromatic heterocycles. The predicted molar refractivity (Wildman–Crippen MR) is 79.6 cm³/mol. The van der Waals surface area contributed by atoms with Gasteiger partial charge in [0.05, 0.1) is 5.56 Å². The molecule has 102 valence electrons. The molecule has 2 aromatic rings. The highest BCUT2D eigenvalue weighted by molar-refractivity contribution is 5.98. The number of carbonyl (C=O) groups excluding carboxylic acids is 1. The second-order valence-corrected chi connectivity index (χ2v) is 5.16. The fourth-order valence-electron chi connectivity index (χ4n) is 2.72. The lowest BCUT2D eigenvalue weighted by molar-refractivity contribution is 0.0986. The van der Waals surface area contributed by atoms with Gasteiger partial charge in [-0.25, -0.2) is 0 Å². The highest BCUT2D eigenvalue weighted by atomic mass is 16.5. The van der Waals surface area contributed by atoms with Crippen LogP contribution >= 0.6 is 0 Å². The molecule has 20 heavy (non-hydrogen) atoms. The number of rotatable bonds is 4. The van der Waals surface area contributed by atoms with Gasteiger partial charge in [0, 0.05) is 6.42 Å². The minimum absolute atomic E-state index is 0.113. The molecule has 0 aliphatic heterocycles. The highest BCUT2D eigenvalue weighted by Crippen LogP contribution is 2.30. The first-order valence-electron chi connectivity index (χ1n) is 7.20. The minimum Gasteiger partial charge on any atom is -0.457 e. The third kappa shape index (κ3) is 2.46. The van der Waals surface area contributed by atoms with E-state index >= 15 is 0 Å². The Morgan fingerprint density at radius 1 is 1.10 bits per heavy atom. The Kier molecular flexibility index (Phi) is 3.55. The molecule has 0 saturated carbocycles. The summed E-state index contributed by atoms with van der Waals surface area (Å²) >= 11 is 0. The molecule has 1 aliphatic rings. The Bertz CT molecular complexity index is 644. The Morgan fingerprint density at radius 3 is 2.75 bits per heavy atom. The van der Waals surface area contributed by atoms with E-state index < -0.39 is 0 Å². The number of Topliss-reactive ketones (excluding diaryl/α,β-unsaturated/α-hetero) is 1. The quantitative estimate of drug-likeness (QED) is 0.758. The molecule has 0 heterocycles. The number of ether oxygens (including phenoxy) is 1. The zero-order chi connectivity index (χ0) is 13.9. The van der Waals surface area contributed by atoms with Gasteiger partial charge < -0.3 is 4.74 Å². The van der Waals surface area contributed by atoms with Crippen LogP contribution < -0.4 is 4.74 Å². The monoisotopic (exact) mass is 266 g/mol. The van der Waals surface area contributed by atoms with E-state index in [1.807, 2.05) is 37.3 Å². The number of fused-ring (bicyclic) bond motifs is 1. The van der Waals surface area contributed by atoms with Crippen molar-refractivity contribution in [3.8, 4) is 11.5 Å².